The normalized spacial score (nSPS) is 29.7. The molecule has 1 aliphatic heterocycles. The van der Waals surface area contributed by atoms with Gasteiger partial charge in [-0.2, -0.15) is 0 Å². The molecule has 1 aliphatic carbocycles. The molecule has 0 amide bonds. The van der Waals surface area contributed by atoms with Crippen molar-refractivity contribution in [3.05, 3.63) is 0 Å². The minimum absolute atomic E-state index is 0.00781. The highest BCUT2D eigenvalue weighted by molar-refractivity contribution is 5.59. The highest BCUT2D eigenvalue weighted by Crippen LogP contribution is 2.35. The summed E-state index contributed by atoms with van der Waals surface area (Å²) in [6, 6.07) is 0. The fraction of sp³-hybridized carbons (Fsp3) is 0.938. The Bertz CT molecular complexity index is 256. The van der Waals surface area contributed by atoms with Crippen molar-refractivity contribution in [3.8, 4) is 0 Å². The number of hydrogen-bond donors (Lipinski definition) is 0. The monoisotopic (exact) mass is 251 g/mol. The van der Waals surface area contributed by atoms with E-state index < -0.39 is 0 Å². The van der Waals surface area contributed by atoms with Crippen LogP contribution in [0.1, 0.15) is 64.7 Å². The van der Waals surface area contributed by atoms with Gasteiger partial charge in [-0.15, -0.1) is 0 Å². The molecule has 2 nitrogen and oxygen atoms in total. The summed E-state index contributed by atoms with van der Waals surface area (Å²) in [6.07, 6.45) is 12.7. The summed E-state index contributed by atoms with van der Waals surface area (Å²) < 4.78 is 0. The van der Waals surface area contributed by atoms with E-state index in [0.717, 1.165) is 25.3 Å². The Balaban J connectivity index is 1.93. The first-order valence-electron chi connectivity index (χ1n) is 7.97. The van der Waals surface area contributed by atoms with Crippen LogP contribution in [0.4, 0.5) is 0 Å². The molecule has 0 aromatic rings. The van der Waals surface area contributed by atoms with Crippen molar-refractivity contribution in [2.75, 3.05) is 19.6 Å². The van der Waals surface area contributed by atoms with Gasteiger partial charge in [0.15, 0.2) is 0 Å². The van der Waals surface area contributed by atoms with Crippen molar-refractivity contribution in [2.24, 2.45) is 11.3 Å². The van der Waals surface area contributed by atoms with Crippen molar-refractivity contribution < 1.29 is 4.79 Å². The van der Waals surface area contributed by atoms with E-state index in [1.54, 1.807) is 0 Å². The summed E-state index contributed by atoms with van der Waals surface area (Å²) >= 11 is 0. The number of hydrogen-bond acceptors (Lipinski definition) is 2. The lowest BCUT2D eigenvalue weighted by molar-refractivity contribution is -0.118. The van der Waals surface area contributed by atoms with Crippen LogP contribution in [0.25, 0.3) is 0 Å². The molecule has 0 aromatic carbocycles. The quantitative estimate of drug-likeness (QED) is 0.561. The maximum atomic E-state index is 11.6. The van der Waals surface area contributed by atoms with E-state index >= 15 is 0 Å². The SMILES string of the molecule is CCC1CCCN(CC2(C=O)CCCCCC2)C1. The molecule has 0 spiro atoms. The number of aldehydes is 1. The van der Waals surface area contributed by atoms with Crippen LogP contribution in [0.2, 0.25) is 0 Å². The minimum Gasteiger partial charge on any atom is -0.303 e. The summed E-state index contributed by atoms with van der Waals surface area (Å²) in [5, 5.41) is 0. The molecule has 1 saturated carbocycles. The molecule has 2 fully saturated rings. The predicted octanol–water partition coefficient (Wildman–Crippen LogP) is 3.65. The third-order valence-electron chi connectivity index (χ3n) is 5.07. The Labute approximate surface area is 112 Å². The zero-order valence-corrected chi connectivity index (χ0v) is 12.0. The van der Waals surface area contributed by atoms with E-state index in [1.807, 2.05) is 0 Å². The van der Waals surface area contributed by atoms with Crippen molar-refractivity contribution in [1.82, 2.24) is 4.90 Å². The third kappa shape index (κ3) is 3.57. The molecule has 1 atom stereocenters. The summed E-state index contributed by atoms with van der Waals surface area (Å²) in [5.74, 6) is 0.869. The van der Waals surface area contributed by atoms with E-state index in [-0.39, 0.29) is 5.41 Å². The minimum atomic E-state index is -0.00781. The first-order chi connectivity index (χ1) is 8.78. The first-order valence-corrected chi connectivity index (χ1v) is 7.97. The van der Waals surface area contributed by atoms with Crippen LogP contribution in [0, 0.1) is 11.3 Å². The number of likely N-dealkylation sites (tertiary alicyclic amines) is 1. The van der Waals surface area contributed by atoms with E-state index in [0.29, 0.717) is 0 Å². The Hall–Kier alpha value is -0.370. The van der Waals surface area contributed by atoms with E-state index in [9.17, 15) is 4.79 Å². The van der Waals surface area contributed by atoms with Crippen LogP contribution in [-0.4, -0.2) is 30.8 Å². The third-order valence-corrected chi connectivity index (χ3v) is 5.07. The molecule has 0 aromatic heterocycles. The van der Waals surface area contributed by atoms with Gasteiger partial charge < -0.3 is 9.69 Å². The van der Waals surface area contributed by atoms with Gasteiger partial charge in [-0.1, -0.05) is 39.0 Å². The molecular weight excluding hydrogens is 222 g/mol. The lowest BCUT2D eigenvalue weighted by atomic mass is 9.80. The molecule has 1 saturated heterocycles. The summed E-state index contributed by atoms with van der Waals surface area (Å²) in [6.45, 7) is 5.78. The second kappa shape index (κ2) is 6.70. The fourth-order valence-corrected chi connectivity index (χ4v) is 3.82. The predicted molar refractivity (Wildman–Crippen MR) is 75.7 cm³/mol. The van der Waals surface area contributed by atoms with Crippen LogP contribution in [0.5, 0.6) is 0 Å². The maximum absolute atomic E-state index is 11.6. The molecule has 18 heavy (non-hydrogen) atoms. The lowest BCUT2D eigenvalue weighted by Crippen LogP contribution is -2.43. The Morgan fingerprint density at radius 1 is 1.17 bits per heavy atom. The van der Waals surface area contributed by atoms with Crippen molar-refractivity contribution in [2.45, 2.75) is 64.7 Å². The van der Waals surface area contributed by atoms with Gasteiger partial charge in [0.2, 0.25) is 0 Å². The number of rotatable bonds is 4. The second-order valence-electron chi connectivity index (χ2n) is 6.55. The van der Waals surface area contributed by atoms with Gasteiger partial charge in [0, 0.05) is 18.5 Å². The number of carbonyl (C=O) groups is 1. The number of carbonyl (C=O) groups excluding carboxylic acids is 1. The van der Waals surface area contributed by atoms with Crippen LogP contribution >= 0.6 is 0 Å². The second-order valence-corrected chi connectivity index (χ2v) is 6.55. The number of nitrogens with zero attached hydrogens (tertiary/aromatic N) is 1. The molecule has 1 unspecified atom stereocenters. The summed E-state index contributed by atoms with van der Waals surface area (Å²) in [4.78, 5) is 14.2. The van der Waals surface area contributed by atoms with Crippen molar-refractivity contribution in [1.29, 1.82) is 0 Å². The van der Waals surface area contributed by atoms with Crippen LogP contribution in [0.3, 0.4) is 0 Å². The van der Waals surface area contributed by atoms with E-state index in [1.165, 1.54) is 64.3 Å². The number of piperidine rings is 1. The summed E-state index contributed by atoms with van der Waals surface area (Å²) in [5.41, 5.74) is -0.00781. The molecule has 0 N–H and O–H groups in total. The smallest absolute Gasteiger partial charge is 0.127 e. The molecule has 2 rings (SSSR count). The fourth-order valence-electron chi connectivity index (χ4n) is 3.82. The highest BCUT2D eigenvalue weighted by atomic mass is 16.1. The lowest BCUT2D eigenvalue weighted by Gasteiger charge is -2.38. The Morgan fingerprint density at radius 3 is 2.50 bits per heavy atom. The zero-order chi connectivity index (χ0) is 12.8. The molecule has 0 bridgehead atoms. The van der Waals surface area contributed by atoms with Gasteiger partial charge in [-0.05, 0) is 38.1 Å². The standard InChI is InChI=1S/C16H29NO/c1-2-15-8-7-11-17(12-15)13-16(14-18)9-5-3-4-6-10-16/h14-15H,2-13H2,1H3. The van der Waals surface area contributed by atoms with Crippen molar-refractivity contribution in [3.63, 3.8) is 0 Å². The van der Waals surface area contributed by atoms with Gasteiger partial charge in [0.25, 0.3) is 0 Å². The van der Waals surface area contributed by atoms with Crippen molar-refractivity contribution >= 4 is 6.29 Å². The van der Waals surface area contributed by atoms with Gasteiger partial charge in [-0.3, -0.25) is 0 Å². The van der Waals surface area contributed by atoms with Gasteiger partial charge in [0.1, 0.15) is 6.29 Å². The molecule has 0 radical (unpaired) electrons. The molecule has 2 aliphatic rings. The molecule has 104 valence electrons. The van der Waals surface area contributed by atoms with Crippen LogP contribution in [0.15, 0.2) is 0 Å². The van der Waals surface area contributed by atoms with Crippen LogP contribution < -0.4 is 0 Å². The highest BCUT2D eigenvalue weighted by Gasteiger charge is 2.33. The largest absolute Gasteiger partial charge is 0.303 e. The molecule has 2 heteroatoms. The maximum Gasteiger partial charge on any atom is 0.127 e. The van der Waals surface area contributed by atoms with Gasteiger partial charge in [-0.25, -0.2) is 0 Å². The van der Waals surface area contributed by atoms with Gasteiger partial charge in [0.05, 0.1) is 0 Å². The molecular formula is C16H29NO. The Morgan fingerprint density at radius 2 is 1.89 bits per heavy atom. The average Bonchev–Trinajstić information content (AvgIpc) is 2.65. The summed E-state index contributed by atoms with van der Waals surface area (Å²) in [7, 11) is 0. The van der Waals surface area contributed by atoms with E-state index in [2.05, 4.69) is 11.8 Å². The van der Waals surface area contributed by atoms with E-state index in [4.69, 9.17) is 0 Å². The van der Waals surface area contributed by atoms with Crippen LogP contribution in [-0.2, 0) is 4.79 Å². The molecule has 1 heterocycles. The topological polar surface area (TPSA) is 20.3 Å². The van der Waals surface area contributed by atoms with Gasteiger partial charge >= 0.3 is 0 Å². The Kier molecular flexibility index (Phi) is 5.23. The average molecular weight is 251 g/mol. The first kappa shape index (κ1) is 14.0. The zero-order valence-electron chi connectivity index (χ0n) is 12.0.